The molecule has 0 spiro atoms. The maximum Gasteiger partial charge on any atom is 0.269 e. The number of benzene rings is 1. The molecule has 1 aromatic carbocycles. The van der Waals surface area contributed by atoms with Crippen LogP contribution < -0.4 is 10.2 Å². The fourth-order valence-corrected chi connectivity index (χ4v) is 3.97. The number of halogens is 2. The fraction of sp³-hybridized carbons (Fsp3) is 0.292. The summed E-state index contributed by atoms with van der Waals surface area (Å²) in [5.41, 5.74) is 5.91. The molecule has 0 saturated heterocycles. The van der Waals surface area contributed by atoms with Gasteiger partial charge in [0, 0.05) is 27.3 Å². The summed E-state index contributed by atoms with van der Waals surface area (Å²) in [4.78, 5) is 21.5. The van der Waals surface area contributed by atoms with Crippen LogP contribution in [0.5, 0.6) is 0 Å². The Labute approximate surface area is 186 Å². The molecular weight excluding hydrogens is 414 g/mol. The van der Waals surface area contributed by atoms with Crippen LogP contribution in [0.4, 0.5) is 14.6 Å². The molecule has 0 unspecified atom stereocenters. The molecule has 0 saturated carbocycles. The minimum absolute atomic E-state index is 0. The number of nitrogens with one attached hydrogen (secondary N) is 1. The summed E-state index contributed by atoms with van der Waals surface area (Å²) in [6.07, 6.45) is 4.12. The van der Waals surface area contributed by atoms with Gasteiger partial charge in [-0.1, -0.05) is 18.2 Å². The van der Waals surface area contributed by atoms with E-state index in [-0.39, 0.29) is 19.9 Å². The first-order valence-electron chi connectivity index (χ1n) is 10.4. The maximum atomic E-state index is 14.2. The van der Waals surface area contributed by atoms with Crippen LogP contribution in [0.3, 0.4) is 0 Å². The van der Waals surface area contributed by atoms with Crippen LogP contribution in [-0.4, -0.2) is 36.2 Å². The number of rotatable bonds is 4. The van der Waals surface area contributed by atoms with Crippen molar-refractivity contribution in [1.82, 2.24) is 15.3 Å². The first-order valence-corrected chi connectivity index (χ1v) is 10.4. The van der Waals surface area contributed by atoms with Crippen molar-refractivity contribution < 1.29 is 19.7 Å². The SMILES string of the molecule is CNC(=O)c1ccc(Cc2cc(C)c3c(c2)COCN(c2ncc(F)cc2F)CC3)cn1.[HH]. The van der Waals surface area contributed by atoms with Crippen LogP contribution in [0.2, 0.25) is 0 Å². The number of pyridine rings is 2. The zero-order chi connectivity index (χ0) is 22.7. The number of aromatic nitrogens is 2. The third kappa shape index (κ3) is 4.75. The number of carbonyl (C=O) groups excluding carboxylic acids is 1. The Hall–Kier alpha value is -3.39. The molecule has 3 aromatic rings. The van der Waals surface area contributed by atoms with Crippen molar-refractivity contribution in [3.8, 4) is 0 Å². The van der Waals surface area contributed by atoms with Gasteiger partial charge in [-0.05, 0) is 53.6 Å². The van der Waals surface area contributed by atoms with Crippen molar-refractivity contribution in [2.75, 3.05) is 25.2 Å². The Bertz CT molecular complexity index is 1140. The summed E-state index contributed by atoms with van der Waals surface area (Å²) in [6.45, 7) is 3.12. The minimum Gasteiger partial charge on any atom is -0.356 e. The largest absolute Gasteiger partial charge is 0.356 e. The topological polar surface area (TPSA) is 67.3 Å². The first-order chi connectivity index (χ1) is 15.4. The van der Waals surface area contributed by atoms with Crippen molar-refractivity contribution in [2.45, 2.75) is 26.4 Å². The number of aryl methyl sites for hydroxylation is 1. The predicted octanol–water partition coefficient (Wildman–Crippen LogP) is 3.80. The summed E-state index contributed by atoms with van der Waals surface area (Å²) < 4.78 is 33.2. The molecule has 4 rings (SSSR count). The molecule has 0 fully saturated rings. The Balaban J connectivity index is 0.00000306. The molecule has 0 atom stereocenters. The molecule has 3 heterocycles. The molecule has 32 heavy (non-hydrogen) atoms. The van der Waals surface area contributed by atoms with Gasteiger partial charge < -0.3 is 15.0 Å². The highest BCUT2D eigenvalue weighted by Crippen LogP contribution is 2.25. The van der Waals surface area contributed by atoms with Crippen molar-refractivity contribution >= 4 is 11.7 Å². The number of carbonyl (C=O) groups is 1. The second-order valence-corrected chi connectivity index (χ2v) is 7.81. The normalized spacial score (nSPS) is 13.8. The van der Waals surface area contributed by atoms with Gasteiger partial charge in [0.25, 0.3) is 5.91 Å². The van der Waals surface area contributed by atoms with E-state index in [2.05, 4.69) is 34.3 Å². The van der Waals surface area contributed by atoms with Gasteiger partial charge in [-0.3, -0.25) is 9.78 Å². The Kier molecular flexibility index (Phi) is 6.41. The van der Waals surface area contributed by atoms with Crippen LogP contribution in [0.25, 0.3) is 0 Å². The highest BCUT2D eigenvalue weighted by Gasteiger charge is 2.19. The van der Waals surface area contributed by atoms with Gasteiger partial charge in [0.15, 0.2) is 11.6 Å². The van der Waals surface area contributed by atoms with Gasteiger partial charge in [-0.25, -0.2) is 13.8 Å². The molecule has 8 heteroatoms. The number of anilines is 1. The number of amides is 1. The molecule has 1 amide bonds. The lowest BCUT2D eigenvalue weighted by Crippen LogP contribution is -2.32. The molecule has 0 bridgehead atoms. The summed E-state index contributed by atoms with van der Waals surface area (Å²) in [5.74, 6) is -1.52. The Morgan fingerprint density at radius 1 is 1.19 bits per heavy atom. The van der Waals surface area contributed by atoms with Crippen molar-refractivity contribution in [2.24, 2.45) is 0 Å². The molecule has 1 aliphatic rings. The smallest absolute Gasteiger partial charge is 0.269 e. The van der Waals surface area contributed by atoms with E-state index in [9.17, 15) is 13.6 Å². The average molecular weight is 440 g/mol. The van der Waals surface area contributed by atoms with Gasteiger partial charge in [-0.15, -0.1) is 0 Å². The molecule has 1 N–H and O–H groups in total. The summed E-state index contributed by atoms with van der Waals surface area (Å²) in [6, 6.07) is 8.72. The van der Waals surface area contributed by atoms with Gasteiger partial charge in [0.2, 0.25) is 0 Å². The van der Waals surface area contributed by atoms with E-state index in [1.807, 2.05) is 6.07 Å². The summed E-state index contributed by atoms with van der Waals surface area (Å²) >= 11 is 0. The van der Waals surface area contributed by atoms with Crippen molar-refractivity contribution in [3.63, 3.8) is 0 Å². The Morgan fingerprint density at radius 3 is 2.75 bits per heavy atom. The minimum atomic E-state index is -0.702. The highest BCUT2D eigenvalue weighted by molar-refractivity contribution is 5.91. The van der Waals surface area contributed by atoms with Gasteiger partial charge in [-0.2, -0.15) is 0 Å². The summed E-state index contributed by atoms with van der Waals surface area (Å²) in [5, 5.41) is 2.56. The van der Waals surface area contributed by atoms with Crippen molar-refractivity contribution in [1.29, 1.82) is 0 Å². The monoisotopic (exact) mass is 440 g/mol. The van der Waals surface area contributed by atoms with Crippen LogP contribution in [0.1, 0.15) is 39.7 Å². The molecule has 0 aliphatic carbocycles. The maximum absolute atomic E-state index is 14.2. The van der Waals surface area contributed by atoms with E-state index in [1.165, 1.54) is 0 Å². The zero-order valence-corrected chi connectivity index (χ0v) is 18.0. The van der Waals surface area contributed by atoms with E-state index in [1.54, 1.807) is 24.2 Å². The third-order valence-corrected chi connectivity index (χ3v) is 5.54. The third-order valence-electron chi connectivity index (χ3n) is 5.54. The highest BCUT2D eigenvalue weighted by atomic mass is 19.1. The number of hydrogen-bond donors (Lipinski definition) is 1. The fourth-order valence-electron chi connectivity index (χ4n) is 3.97. The predicted molar refractivity (Wildman–Crippen MR) is 119 cm³/mol. The molecule has 0 radical (unpaired) electrons. The van der Waals surface area contributed by atoms with Gasteiger partial charge in [0.05, 0.1) is 12.8 Å². The zero-order valence-electron chi connectivity index (χ0n) is 18.0. The lowest BCUT2D eigenvalue weighted by molar-refractivity contribution is 0.0958. The average Bonchev–Trinajstić information content (AvgIpc) is 2.75. The van der Waals surface area contributed by atoms with E-state index >= 15 is 0 Å². The molecular formula is C24H26F2N4O2. The molecule has 168 valence electrons. The quantitative estimate of drug-likeness (QED) is 0.669. The first kappa shape index (κ1) is 21.8. The lowest BCUT2D eigenvalue weighted by atomic mass is 9.93. The molecule has 2 aromatic heterocycles. The standard InChI is InChI=1S/C24H24F2N4O2.H2/c1-15-7-17(8-16-3-4-22(28-11-16)24(31)27-2)9-18-13-32-14-30(6-5-20(15)18)23-21(26)10-19(25)12-29-23;/h3-4,7,9-12H,5-6,8,13-14H2,1-2H3,(H,27,31);1H. The Morgan fingerprint density at radius 2 is 2.03 bits per heavy atom. The van der Waals surface area contributed by atoms with E-state index in [0.29, 0.717) is 31.7 Å². The van der Waals surface area contributed by atoms with Crippen LogP contribution in [0, 0.1) is 18.6 Å². The number of nitrogens with zero attached hydrogens (tertiary/aromatic N) is 3. The van der Waals surface area contributed by atoms with E-state index in [0.717, 1.165) is 40.1 Å². The van der Waals surface area contributed by atoms with Gasteiger partial charge >= 0.3 is 0 Å². The van der Waals surface area contributed by atoms with E-state index in [4.69, 9.17) is 4.74 Å². The van der Waals surface area contributed by atoms with Crippen LogP contribution >= 0.6 is 0 Å². The lowest BCUT2D eigenvalue weighted by Gasteiger charge is -2.28. The second kappa shape index (κ2) is 9.40. The van der Waals surface area contributed by atoms with E-state index < -0.39 is 11.6 Å². The van der Waals surface area contributed by atoms with Crippen LogP contribution in [-0.2, 0) is 24.2 Å². The van der Waals surface area contributed by atoms with Crippen LogP contribution in [0.15, 0.2) is 42.7 Å². The summed E-state index contributed by atoms with van der Waals surface area (Å²) in [7, 11) is 1.58. The molecule has 1 aliphatic heterocycles. The van der Waals surface area contributed by atoms with Gasteiger partial charge in [0.1, 0.15) is 18.2 Å². The number of fused-ring (bicyclic) bond motifs is 1. The second-order valence-electron chi connectivity index (χ2n) is 7.81. The number of hydrogen-bond acceptors (Lipinski definition) is 5. The molecule has 6 nitrogen and oxygen atoms in total. The number of ether oxygens (including phenoxy) is 1. The van der Waals surface area contributed by atoms with Crippen molar-refractivity contribution in [3.05, 3.63) is 87.9 Å².